The monoisotopic (exact) mass is 317 g/mol. The van der Waals surface area contributed by atoms with E-state index in [1.807, 2.05) is 0 Å². The van der Waals surface area contributed by atoms with Gasteiger partial charge in [0.1, 0.15) is 5.75 Å². The van der Waals surface area contributed by atoms with E-state index in [2.05, 4.69) is 10.3 Å². The zero-order valence-corrected chi connectivity index (χ0v) is 12.5. The van der Waals surface area contributed by atoms with Gasteiger partial charge in [-0.2, -0.15) is 4.99 Å². The zero-order valence-electron chi connectivity index (χ0n) is 12.5. The summed E-state index contributed by atoms with van der Waals surface area (Å²) in [4.78, 5) is 27.7. The van der Waals surface area contributed by atoms with Gasteiger partial charge in [-0.05, 0) is 12.1 Å². The van der Waals surface area contributed by atoms with E-state index in [1.54, 1.807) is 24.3 Å². The fourth-order valence-electron chi connectivity index (χ4n) is 2.17. The SMILES string of the molecule is NCCNC(=O)c1cccc2c1OCCC(C(=O)N=C(N)N)=C2. The third-order valence-corrected chi connectivity index (χ3v) is 3.17. The number of fused-ring (bicyclic) bond motifs is 1. The van der Waals surface area contributed by atoms with Gasteiger partial charge in [-0.3, -0.25) is 9.59 Å². The largest absolute Gasteiger partial charge is 0.492 e. The minimum Gasteiger partial charge on any atom is -0.492 e. The van der Waals surface area contributed by atoms with Crippen molar-refractivity contribution in [3.8, 4) is 5.75 Å². The number of para-hydroxylation sites is 1. The molecule has 1 aromatic rings. The summed E-state index contributed by atoms with van der Waals surface area (Å²) in [6, 6.07) is 5.12. The summed E-state index contributed by atoms with van der Waals surface area (Å²) in [5.41, 5.74) is 17.3. The fraction of sp³-hybridized carbons (Fsp3) is 0.267. The molecule has 0 aromatic heterocycles. The van der Waals surface area contributed by atoms with Crippen molar-refractivity contribution in [1.29, 1.82) is 0 Å². The van der Waals surface area contributed by atoms with Crippen LogP contribution in [-0.4, -0.2) is 37.5 Å². The molecule has 122 valence electrons. The number of carbonyl (C=O) groups excluding carboxylic acids is 2. The molecule has 0 saturated heterocycles. The van der Waals surface area contributed by atoms with Crippen molar-refractivity contribution in [3.05, 3.63) is 34.9 Å². The van der Waals surface area contributed by atoms with Crippen molar-refractivity contribution >= 4 is 23.8 Å². The number of carbonyl (C=O) groups is 2. The number of aliphatic imine (C=N–C) groups is 1. The summed E-state index contributed by atoms with van der Waals surface area (Å²) < 4.78 is 5.66. The fourth-order valence-corrected chi connectivity index (χ4v) is 2.17. The lowest BCUT2D eigenvalue weighted by Gasteiger charge is -2.12. The Balaban J connectivity index is 2.36. The van der Waals surface area contributed by atoms with Gasteiger partial charge in [0, 0.05) is 30.6 Å². The predicted octanol–water partition coefficient (Wildman–Crippen LogP) is -0.659. The highest BCUT2D eigenvalue weighted by Crippen LogP contribution is 2.30. The standard InChI is InChI=1S/C15H19N5O3/c16-5-6-19-14(22)11-3-1-2-9-8-10(4-7-23-12(9)11)13(21)20-15(17)18/h1-3,8H,4-7,16H2,(H,19,22)(H4,17,18,20,21). The summed E-state index contributed by atoms with van der Waals surface area (Å²) in [5.74, 6) is -0.662. The number of amides is 2. The summed E-state index contributed by atoms with van der Waals surface area (Å²) in [6.45, 7) is 0.955. The van der Waals surface area contributed by atoms with E-state index in [4.69, 9.17) is 21.9 Å². The van der Waals surface area contributed by atoms with Crippen molar-refractivity contribution in [2.45, 2.75) is 6.42 Å². The summed E-state index contributed by atoms with van der Waals surface area (Å²) in [7, 11) is 0. The number of ether oxygens (including phenoxy) is 1. The van der Waals surface area contributed by atoms with Gasteiger partial charge in [0.05, 0.1) is 12.2 Å². The van der Waals surface area contributed by atoms with Crippen molar-refractivity contribution in [2.75, 3.05) is 19.7 Å². The molecule has 7 N–H and O–H groups in total. The Bertz CT molecular complexity index is 678. The van der Waals surface area contributed by atoms with E-state index in [-0.39, 0.29) is 18.5 Å². The third-order valence-electron chi connectivity index (χ3n) is 3.17. The summed E-state index contributed by atoms with van der Waals surface area (Å²) in [5, 5.41) is 2.69. The Morgan fingerprint density at radius 3 is 2.78 bits per heavy atom. The van der Waals surface area contributed by atoms with Crippen LogP contribution >= 0.6 is 0 Å². The van der Waals surface area contributed by atoms with Crippen LogP contribution in [0.2, 0.25) is 0 Å². The third kappa shape index (κ3) is 4.07. The Kier molecular flexibility index (Phi) is 5.32. The molecular weight excluding hydrogens is 298 g/mol. The number of nitrogens with zero attached hydrogens (tertiary/aromatic N) is 1. The molecule has 0 bridgehead atoms. The van der Waals surface area contributed by atoms with Gasteiger partial charge < -0.3 is 27.3 Å². The molecule has 0 aliphatic carbocycles. The van der Waals surface area contributed by atoms with Crippen molar-refractivity contribution in [3.63, 3.8) is 0 Å². The van der Waals surface area contributed by atoms with Crippen LogP contribution in [0.15, 0.2) is 28.8 Å². The number of rotatable bonds is 4. The summed E-state index contributed by atoms with van der Waals surface area (Å²) >= 11 is 0. The van der Waals surface area contributed by atoms with Crippen LogP contribution in [-0.2, 0) is 4.79 Å². The normalized spacial score (nSPS) is 13.0. The molecule has 0 radical (unpaired) electrons. The number of nitrogens with two attached hydrogens (primary N) is 3. The molecule has 1 aromatic carbocycles. The second kappa shape index (κ2) is 7.41. The van der Waals surface area contributed by atoms with Crippen LogP contribution in [0.25, 0.3) is 6.08 Å². The second-order valence-electron chi connectivity index (χ2n) is 4.88. The van der Waals surface area contributed by atoms with Crippen LogP contribution in [0.3, 0.4) is 0 Å². The quantitative estimate of drug-likeness (QED) is 0.428. The second-order valence-corrected chi connectivity index (χ2v) is 4.88. The number of hydrogen-bond acceptors (Lipinski definition) is 4. The van der Waals surface area contributed by atoms with Crippen LogP contribution in [0, 0.1) is 0 Å². The van der Waals surface area contributed by atoms with Gasteiger partial charge in [0.15, 0.2) is 5.96 Å². The van der Waals surface area contributed by atoms with Gasteiger partial charge in [-0.1, -0.05) is 12.1 Å². The van der Waals surface area contributed by atoms with E-state index in [1.165, 1.54) is 0 Å². The van der Waals surface area contributed by atoms with Gasteiger partial charge in [0.25, 0.3) is 11.8 Å². The zero-order chi connectivity index (χ0) is 16.8. The van der Waals surface area contributed by atoms with Crippen molar-refractivity contribution in [1.82, 2.24) is 5.32 Å². The first kappa shape index (κ1) is 16.5. The van der Waals surface area contributed by atoms with Crippen LogP contribution < -0.4 is 27.3 Å². The lowest BCUT2D eigenvalue weighted by molar-refractivity contribution is -0.114. The molecule has 0 fully saturated rings. The number of benzene rings is 1. The van der Waals surface area contributed by atoms with E-state index in [9.17, 15) is 9.59 Å². The Hall–Kier alpha value is -2.87. The molecule has 2 rings (SSSR count). The molecule has 1 heterocycles. The van der Waals surface area contributed by atoms with Gasteiger partial charge in [0.2, 0.25) is 0 Å². The van der Waals surface area contributed by atoms with E-state index in [0.29, 0.717) is 42.0 Å². The molecule has 1 aliphatic heterocycles. The first-order chi connectivity index (χ1) is 11.0. The Morgan fingerprint density at radius 1 is 1.30 bits per heavy atom. The first-order valence-electron chi connectivity index (χ1n) is 7.11. The predicted molar refractivity (Wildman–Crippen MR) is 86.7 cm³/mol. The molecule has 2 amide bonds. The molecule has 8 heteroatoms. The van der Waals surface area contributed by atoms with E-state index >= 15 is 0 Å². The Labute approximate surface area is 133 Å². The molecule has 1 aliphatic rings. The van der Waals surface area contributed by atoms with Crippen molar-refractivity contribution < 1.29 is 14.3 Å². The maximum absolute atomic E-state index is 12.2. The Morgan fingerprint density at radius 2 is 2.09 bits per heavy atom. The topological polar surface area (TPSA) is 146 Å². The molecule has 8 nitrogen and oxygen atoms in total. The maximum atomic E-state index is 12.2. The van der Waals surface area contributed by atoms with Gasteiger partial charge in [-0.15, -0.1) is 0 Å². The average molecular weight is 317 g/mol. The van der Waals surface area contributed by atoms with E-state index < -0.39 is 5.91 Å². The molecule has 0 saturated carbocycles. The minimum atomic E-state index is -0.514. The highest BCUT2D eigenvalue weighted by molar-refractivity contribution is 6.05. The van der Waals surface area contributed by atoms with Crippen LogP contribution in [0.1, 0.15) is 22.3 Å². The highest BCUT2D eigenvalue weighted by Gasteiger charge is 2.20. The summed E-state index contributed by atoms with van der Waals surface area (Å²) in [6.07, 6.45) is 1.98. The number of nitrogens with one attached hydrogen (secondary N) is 1. The highest BCUT2D eigenvalue weighted by atomic mass is 16.5. The maximum Gasteiger partial charge on any atom is 0.276 e. The smallest absolute Gasteiger partial charge is 0.276 e. The van der Waals surface area contributed by atoms with Crippen LogP contribution in [0.4, 0.5) is 0 Å². The number of guanidine groups is 1. The first-order valence-corrected chi connectivity index (χ1v) is 7.11. The average Bonchev–Trinajstić information content (AvgIpc) is 2.74. The van der Waals surface area contributed by atoms with E-state index in [0.717, 1.165) is 0 Å². The number of hydrogen-bond donors (Lipinski definition) is 4. The molecule has 0 unspecified atom stereocenters. The molecule has 23 heavy (non-hydrogen) atoms. The van der Waals surface area contributed by atoms with Crippen molar-refractivity contribution in [2.24, 2.45) is 22.2 Å². The van der Waals surface area contributed by atoms with Gasteiger partial charge in [-0.25, -0.2) is 0 Å². The molecule has 0 spiro atoms. The minimum absolute atomic E-state index is 0.242. The molecular formula is C15H19N5O3. The van der Waals surface area contributed by atoms with Gasteiger partial charge >= 0.3 is 0 Å². The lowest BCUT2D eigenvalue weighted by atomic mass is 10.0. The van der Waals surface area contributed by atoms with Crippen LogP contribution in [0.5, 0.6) is 5.75 Å². The lowest BCUT2D eigenvalue weighted by Crippen LogP contribution is -2.29. The molecule has 0 atom stereocenters.